The SMILES string of the molecule is CON=C(C(=O)NC1C(=O)N2C(C(=O)[O-])=C(C[n+]3ccc4oc(C(=O)O)cc4c3)CS[C@@H]12)c1csc(N)n1. The van der Waals surface area contributed by atoms with Gasteiger partial charge < -0.3 is 35.3 Å². The second-order valence-corrected chi connectivity index (χ2v) is 10.1. The summed E-state index contributed by atoms with van der Waals surface area (Å²) in [6.07, 6.45) is 3.22. The number of carbonyl (C=O) groups excluding carboxylic acids is 3. The number of carboxylic acid groups (broad SMARTS) is 2. The van der Waals surface area contributed by atoms with Crippen molar-refractivity contribution in [3.63, 3.8) is 0 Å². The van der Waals surface area contributed by atoms with E-state index >= 15 is 0 Å². The Morgan fingerprint density at radius 3 is 2.89 bits per heavy atom. The number of aliphatic carboxylic acids is 1. The van der Waals surface area contributed by atoms with Crippen LogP contribution in [0.4, 0.5) is 5.13 Å². The van der Waals surface area contributed by atoms with Gasteiger partial charge >= 0.3 is 5.97 Å². The Kier molecular flexibility index (Phi) is 6.50. The minimum Gasteiger partial charge on any atom is -0.543 e. The Hall–Kier alpha value is -4.44. The number of furan rings is 1. The van der Waals surface area contributed by atoms with Crippen LogP contribution in [0.5, 0.6) is 0 Å². The number of fused-ring (bicyclic) bond motifs is 2. The summed E-state index contributed by atoms with van der Waals surface area (Å²) in [5.41, 5.74) is 6.13. The molecule has 14 nitrogen and oxygen atoms in total. The molecule has 1 unspecified atom stereocenters. The highest BCUT2D eigenvalue weighted by atomic mass is 32.2. The first kappa shape index (κ1) is 25.2. The van der Waals surface area contributed by atoms with Crippen molar-refractivity contribution >= 4 is 68.7 Å². The zero-order valence-corrected chi connectivity index (χ0v) is 21.1. The van der Waals surface area contributed by atoms with Gasteiger partial charge in [-0.05, 0) is 0 Å². The minimum absolute atomic E-state index is 0.100. The lowest BCUT2D eigenvalue weighted by molar-refractivity contribution is -0.687. The van der Waals surface area contributed by atoms with Crippen molar-refractivity contribution in [1.29, 1.82) is 0 Å². The quantitative estimate of drug-likeness (QED) is 0.131. The fourth-order valence-electron chi connectivity index (χ4n) is 4.15. The van der Waals surface area contributed by atoms with Crippen molar-refractivity contribution in [1.82, 2.24) is 15.2 Å². The number of carboxylic acids is 2. The number of hydrogen-bond donors (Lipinski definition) is 3. The van der Waals surface area contributed by atoms with E-state index in [9.17, 15) is 24.3 Å². The lowest BCUT2D eigenvalue weighted by Gasteiger charge is -2.50. The van der Waals surface area contributed by atoms with E-state index in [1.165, 1.54) is 30.3 Å². The van der Waals surface area contributed by atoms with E-state index in [-0.39, 0.29) is 40.3 Å². The number of nitrogens with one attached hydrogen (secondary N) is 1. The second-order valence-electron chi connectivity index (χ2n) is 8.15. The first-order valence-electron chi connectivity index (χ1n) is 10.8. The molecule has 3 aromatic heterocycles. The van der Waals surface area contributed by atoms with E-state index in [2.05, 4.69) is 15.5 Å². The number of thioether (sulfide) groups is 1. The minimum atomic E-state index is -1.53. The number of hydrogen-bond acceptors (Lipinski definition) is 12. The molecule has 196 valence electrons. The molecule has 4 N–H and O–H groups in total. The Morgan fingerprint density at radius 1 is 1.45 bits per heavy atom. The number of carbonyl (C=O) groups is 4. The number of thiazole rings is 1. The molecule has 0 spiro atoms. The van der Waals surface area contributed by atoms with E-state index in [0.717, 1.165) is 16.2 Å². The molecule has 2 aliphatic heterocycles. The molecule has 0 aromatic carbocycles. The highest BCUT2D eigenvalue weighted by Gasteiger charge is 2.53. The van der Waals surface area contributed by atoms with E-state index in [4.69, 9.17) is 20.1 Å². The zero-order valence-electron chi connectivity index (χ0n) is 19.4. The summed E-state index contributed by atoms with van der Waals surface area (Å²) in [6, 6.07) is 1.92. The summed E-state index contributed by atoms with van der Waals surface area (Å²) in [4.78, 5) is 59.0. The van der Waals surface area contributed by atoms with Gasteiger partial charge in [-0.3, -0.25) is 14.5 Å². The van der Waals surface area contributed by atoms with Crippen LogP contribution in [0, 0.1) is 0 Å². The smallest absolute Gasteiger partial charge is 0.371 e. The highest BCUT2D eigenvalue weighted by molar-refractivity contribution is 8.00. The van der Waals surface area contributed by atoms with E-state index in [0.29, 0.717) is 16.5 Å². The van der Waals surface area contributed by atoms with Crippen molar-refractivity contribution < 1.29 is 43.2 Å². The number of aromatic nitrogens is 2. The topological polar surface area (TPSA) is 204 Å². The number of oxime groups is 1. The van der Waals surface area contributed by atoms with E-state index < -0.39 is 35.2 Å². The molecular formula is C22H18N6O8S2. The summed E-state index contributed by atoms with van der Waals surface area (Å²) in [5, 5.41) is 29.0. The Labute approximate surface area is 221 Å². The van der Waals surface area contributed by atoms with Crippen molar-refractivity contribution in [3.8, 4) is 0 Å². The highest BCUT2D eigenvalue weighted by Crippen LogP contribution is 2.40. The first-order valence-corrected chi connectivity index (χ1v) is 12.8. The van der Waals surface area contributed by atoms with Crippen molar-refractivity contribution in [3.05, 3.63) is 52.6 Å². The van der Waals surface area contributed by atoms with Crippen molar-refractivity contribution in [2.45, 2.75) is 18.0 Å². The van der Waals surface area contributed by atoms with Gasteiger partial charge in [0.25, 0.3) is 11.8 Å². The molecule has 2 atom stereocenters. The predicted molar refractivity (Wildman–Crippen MR) is 130 cm³/mol. The maximum absolute atomic E-state index is 13.0. The van der Waals surface area contributed by atoms with Gasteiger partial charge in [-0.2, -0.15) is 0 Å². The predicted octanol–water partition coefficient (Wildman–Crippen LogP) is -1.09. The summed E-state index contributed by atoms with van der Waals surface area (Å²) < 4.78 is 6.90. The molecule has 0 radical (unpaired) electrons. The van der Waals surface area contributed by atoms with Crippen molar-refractivity contribution in [2.24, 2.45) is 5.16 Å². The Morgan fingerprint density at radius 2 is 2.24 bits per heavy atom. The number of nitrogen functional groups attached to an aromatic ring is 1. The number of nitrogens with two attached hydrogens (primary N) is 1. The largest absolute Gasteiger partial charge is 0.543 e. The molecule has 0 saturated carbocycles. The molecule has 5 rings (SSSR count). The molecule has 2 amide bonds. The second kappa shape index (κ2) is 9.79. The van der Waals surface area contributed by atoms with Crippen LogP contribution >= 0.6 is 23.1 Å². The molecule has 16 heteroatoms. The van der Waals surface area contributed by atoms with Gasteiger partial charge in [-0.15, -0.1) is 23.1 Å². The number of pyridine rings is 1. The molecule has 2 aliphatic rings. The summed E-state index contributed by atoms with van der Waals surface area (Å²) in [5.74, 6) is -4.07. The summed E-state index contributed by atoms with van der Waals surface area (Å²) >= 11 is 2.38. The maximum Gasteiger partial charge on any atom is 0.371 e. The fourth-order valence-corrected chi connectivity index (χ4v) is 6.04. The number of aromatic carboxylic acids is 1. The summed E-state index contributed by atoms with van der Waals surface area (Å²) in [7, 11) is 1.25. The number of nitrogens with zero attached hydrogens (tertiary/aromatic N) is 4. The molecule has 3 aromatic rings. The van der Waals surface area contributed by atoms with Crippen LogP contribution in [0.15, 0.2) is 50.7 Å². The first-order chi connectivity index (χ1) is 18.2. The number of anilines is 1. The Bertz CT molecular complexity index is 1560. The number of β-lactam (4-membered cyclic amide) rings is 1. The van der Waals surface area contributed by atoms with Crippen LogP contribution in [0.3, 0.4) is 0 Å². The average molecular weight is 559 g/mol. The van der Waals surface area contributed by atoms with Gasteiger partial charge in [0.05, 0.1) is 17.1 Å². The molecule has 1 fully saturated rings. The zero-order chi connectivity index (χ0) is 27.1. The van der Waals surface area contributed by atoms with E-state index in [1.807, 2.05) is 0 Å². The van der Waals surface area contributed by atoms with Gasteiger partial charge in [0.15, 0.2) is 29.8 Å². The van der Waals surface area contributed by atoms with Gasteiger partial charge in [-0.25, -0.2) is 14.3 Å². The third kappa shape index (κ3) is 4.43. The van der Waals surface area contributed by atoms with Gasteiger partial charge in [-0.1, -0.05) is 5.16 Å². The average Bonchev–Trinajstić information content (AvgIpc) is 3.51. The van der Waals surface area contributed by atoms with Crippen molar-refractivity contribution in [2.75, 3.05) is 18.6 Å². The van der Waals surface area contributed by atoms with Gasteiger partial charge in [0, 0.05) is 28.8 Å². The lowest BCUT2D eigenvalue weighted by atomic mass is 10.0. The normalized spacial score (nSPS) is 19.2. The van der Waals surface area contributed by atoms with Crippen LogP contribution in [-0.2, 0) is 25.8 Å². The number of amides is 2. The monoisotopic (exact) mass is 558 g/mol. The third-order valence-electron chi connectivity index (χ3n) is 5.79. The Balaban J connectivity index is 1.36. The maximum atomic E-state index is 13.0. The fraction of sp³-hybridized carbons (Fsp3) is 0.227. The molecular weight excluding hydrogens is 540 g/mol. The standard InChI is InChI=1S/C22H18N6O8S2/c1-35-26-14(11-8-38-22(23)24-11)17(29)25-15-18(30)28-16(21(33)34)10(7-37-19(15)28)6-27-3-2-12-9(5-27)4-13(36-12)20(31)32/h2-5,8,15,19H,6-7H2,1H3,(H4-,23,24,25,29,31,32,33,34)/t15?,19-/m0/s1. The lowest BCUT2D eigenvalue weighted by Crippen LogP contribution is -2.71. The molecule has 5 heterocycles. The molecule has 38 heavy (non-hydrogen) atoms. The van der Waals surface area contributed by atoms with Crippen LogP contribution in [0.2, 0.25) is 0 Å². The van der Waals surface area contributed by atoms with Crippen LogP contribution < -0.4 is 20.7 Å². The molecule has 1 saturated heterocycles. The van der Waals surface area contributed by atoms with Gasteiger partial charge in [0.2, 0.25) is 5.76 Å². The van der Waals surface area contributed by atoms with E-state index in [1.54, 1.807) is 23.0 Å². The third-order valence-corrected chi connectivity index (χ3v) is 7.80. The van der Waals surface area contributed by atoms with Crippen LogP contribution in [-0.4, -0.2) is 68.7 Å². The molecule has 0 aliphatic carbocycles. The van der Waals surface area contributed by atoms with Gasteiger partial charge in [0.1, 0.15) is 29.8 Å². The molecule has 0 bridgehead atoms. The van der Waals surface area contributed by atoms with Crippen LogP contribution in [0.25, 0.3) is 11.0 Å². The van der Waals surface area contributed by atoms with Crippen LogP contribution in [0.1, 0.15) is 16.2 Å². The number of rotatable bonds is 8. The summed E-state index contributed by atoms with van der Waals surface area (Å²) in [6.45, 7) is 0.100.